The third-order valence-corrected chi connectivity index (χ3v) is 3.35. The predicted molar refractivity (Wildman–Crippen MR) is 74.3 cm³/mol. The highest BCUT2D eigenvalue weighted by Crippen LogP contribution is 2.13. The zero-order valence-electron chi connectivity index (χ0n) is 10.2. The fourth-order valence-electron chi connectivity index (χ4n) is 2.00. The van der Waals surface area contributed by atoms with Crippen LogP contribution < -0.4 is 5.73 Å². The summed E-state index contributed by atoms with van der Waals surface area (Å²) in [5.41, 5.74) is 6.74. The van der Waals surface area contributed by atoms with Crippen molar-refractivity contribution in [2.75, 3.05) is 13.1 Å². The second-order valence-electron chi connectivity index (χ2n) is 4.55. The van der Waals surface area contributed by atoms with Crippen LogP contribution in [0, 0.1) is 0 Å². The monoisotopic (exact) mass is 264 g/mol. The first-order chi connectivity index (χ1) is 8.65. The van der Waals surface area contributed by atoms with Gasteiger partial charge >= 0.3 is 0 Å². The Morgan fingerprint density at radius 2 is 2.11 bits per heavy atom. The molecule has 1 fully saturated rings. The molecule has 1 aromatic rings. The van der Waals surface area contributed by atoms with Crippen molar-refractivity contribution in [3.05, 3.63) is 40.9 Å². The molecule has 0 spiro atoms. The van der Waals surface area contributed by atoms with Gasteiger partial charge < -0.3 is 10.6 Å². The van der Waals surface area contributed by atoms with E-state index < -0.39 is 0 Å². The molecule has 2 rings (SSSR count). The van der Waals surface area contributed by atoms with Crippen molar-refractivity contribution in [1.82, 2.24) is 4.90 Å². The van der Waals surface area contributed by atoms with Crippen LogP contribution in [0.5, 0.6) is 0 Å². The van der Waals surface area contributed by atoms with Crippen molar-refractivity contribution < 1.29 is 4.79 Å². The zero-order valence-corrected chi connectivity index (χ0v) is 10.9. The summed E-state index contributed by atoms with van der Waals surface area (Å²) in [6.45, 7) is 1.50. The van der Waals surface area contributed by atoms with Crippen LogP contribution in [0.15, 0.2) is 30.3 Å². The molecule has 2 N–H and O–H groups in total. The third kappa shape index (κ3) is 3.59. The SMILES string of the molecule is NC1CCN(C(=O)/C=C/c2cccc(Cl)c2)CC1. The van der Waals surface area contributed by atoms with E-state index >= 15 is 0 Å². The fourth-order valence-corrected chi connectivity index (χ4v) is 2.20. The molecule has 1 amide bonds. The average Bonchev–Trinajstić information content (AvgIpc) is 2.37. The topological polar surface area (TPSA) is 46.3 Å². The fraction of sp³-hybridized carbons (Fsp3) is 0.357. The number of amides is 1. The third-order valence-electron chi connectivity index (χ3n) is 3.12. The van der Waals surface area contributed by atoms with Crippen molar-refractivity contribution in [3.63, 3.8) is 0 Å². The smallest absolute Gasteiger partial charge is 0.246 e. The summed E-state index contributed by atoms with van der Waals surface area (Å²) in [5.74, 6) is 0.0434. The van der Waals surface area contributed by atoms with Gasteiger partial charge in [0.15, 0.2) is 0 Å². The number of benzene rings is 1. The number of halogens is 1. The van der Waals surface area contributed by atoms with Crippen molar-refractivity contribution >= 4 is 23.6 Å². The molecule has 1 aliphatic heterocycles. The van der Waals surface area contributed by atoms with Crippen LogP contribution in [-0.4, -0.2) is 29.9 Å². The molecular formula is C14H17ClN2O. The van der Waals surface area contributed by atoms with E-state index in [4.69, 9.17) is 17.3 Å². The summed E-state index contributed by atoms with van der Waals surface area (Å²) in [6, 6.07) is 7.67. The van der Waals surface area contributed by atoms with Gasteiger partial charge in [0.2, 0.25) is 5.91 Å². The van der Waals surface area contributed by atoms with Crippen molar-refractivity contribution in [1.29, 1.82) is 0 Å². The van der Waals surface area contributed by atoms with E-state index in [-0.39, 0.29) is 11.9 Å². The molecule has 4 heteroatoms. The van der Waals surface area contributed by atoms with Crippen LogP contribution >= 0.6 is 11.6 Å². The van der Waals surface area contributed by atoms with Gasteiger partial charge in [-0.25, -0.2) is 0 Å². The number of carbonyl (C=O) groups excluding carboxylic acids is 1. The molecule has 3 nitrogen and oxygen atoms in total. The summed E-state index contributed by atoms with van der Waals surface area (Å²) >= 11 is 5.88. The maximum Gasteiger partial charge on any atom is 0.246 e. The minimum absolute atomic E-state index is 0.0434. The van der Waals surface area contributed by atoms with Gasteiger partial charge in [-0.2, -0.15) is 0 Å². The standard InChI is InChI=1S/C14H17ClN2O/c15-12-3-1-2-11(10-12)4-5-14(18)17-8-6-13(16)7-9-17/h1-5,10,13H,6-9,16H2/b5-4+. The Hall–Kier alpha value is -1.32. The molecule has 96 valence electrons. The lowest BCUT2D eigenvalue weighted by atomic mass is 10.1. The highest BCUT2D eigenvalue weighted by atomic mass is 35.5. The molecule has 0 unspecified atom stereocenters. The summed E-state index contributed by atoms with van der Waals surface area (Å²) in [4.78, 5) is 13.8. The van der Waals surface area contributed by atoms with Crippen LogP contribution in [0.25, 0.3) is 6.08 Å². The minimum Gasteiger partial charge on any atom is -0.339 e. The van der Waals surface area contributed by atoms with Gasteiger partial charge in [0, 0.05) is 30.2 Å². The van der Waals surface area contributed by atoms with Gasteiger partial charge in [-0.3, -0.25) is 4.79 Å². The summed E-state index contributed by atoms with van der Waals surface area (Å²) in [5, 5.41) is 0.675. The number of likely N-dealkylation sites (tertiary alicyclic amines) is 1. The van der Waals surface area contributed by atoms with E-state index in [0.717, 1.165) is 31.5 Å². The van der Waals surface area contributed by atoms with Gasteiger partial charge in [0.05, 0.1) is 0 Å². The van der Waals surface area contributed by atoms with Crippen LogP contribution in [-0.2, 0) is 4.79 Å². The van der Waals surface area contributed by atoms with Crippen molar-refractivity contribution in [2.45, 2.75) is 18.9 Å². The average molecular weight is 265 g/mol. The highest BCUT2D eigenvalue weighted by molar-refractivity contribution is 6.30. The van der Waals surface area contributed by atoms with Crippen molar-refractivity contribution in [2.24, 2.45) is 5.73 Å². The van der Waals surface area contributed by atoms with E-state index in [1.165, 1.54) is 0 Å². The number of hydrogen-bond donors (Lipinski definition) is 1. The number of carbonyl (C=O) groups is 1. The predicted octanol–water partition coefficient (Wildman–Crippen LogP) is 2.30. The molecule has 0 aromatic heterocycles. The van der Waals surface area contributed by atoms with Gasteiger partial charge in [-0.15, -0.1) is 0 Å². The molecule has 0 aliphatic carbocycles. The van der Waals surface area contributed by atoms with E-state index in [1.807, 2.05) is 29.2 Å². The van der Waals surface area contributed by atoms with Crippen LogP contribution in [0.3, 0.4) is 0 Å². The first-order valence-electron chi connectivity index (χ1n) is 6.13. The van der Waals surface area contributed by atoms with Crippen LogP contribution in [0.2, 0.25) is 5.02 Å². The Balaban J connectivity index is 1.94. The number of rotatable bonds is 2. The maximum absolute atomic E-state index is 11.9. The summed E-state index contributed by atoms with van der Waals surface area (Å²) < 4.78 is 0. The Morgan fingerprint density at radius 1 is 1.39 bits per heavy atom. The molecule has 1 aliphatic rings. The van der Waals surface area contributed by atoms with Gasteiger partial charge in [0.25, 0.3) is 0 Å². The Labute approximate surface area is 112 Å². The van der Waals surface area contributed by atoms with E-state index in [2.05, 4.69) is 0 Å². The van der Waals surface area contributed by atoms with E-state index in [9.17, 15) is 4.79 Å². The lowest BCUT2D eigenvalue weighted by molar-refractivity contribution is -0.126. The van der Waals surface area contributed by atoms with Gasteiger partial charge in [-0.05, 0) is 36.6 Å². The molecule has 1 heterocycles. The Kier molecular flexibility index (Phi) is 4.39. The molecule has 1 aromatic carbocycles. The summed E-state index contributed by atoms with van der Waals surface area (Å²) in [6.07, 6.45) is 5.17. The van der Waals surface area contributed by atoms with Crippen LogP contribution in [0.1, 0.15) is 18.4 Å². The first kappa shape index (κ1) is 13.1. The second-order valence-corrected chi connectivity index (χ2v) is 4.99. The molecule has 0 atom stereocenters. The maximum atomic E-state index is 11.9. The second kappa shape index (κ2) is 6.03. The van der Waals surface area contributed by atoms with Crippen molar-refractivity contribution in [3.8, 4) is 0 Å². The lowest BCUT2D eigenvalue weighted by Gasteiger charge is -2.29. The number of nitrogens with two attached hydrogens (primary N) is 1. The van der Waals surface area contributed by atoms with Gasteiger partial charge in [0.1, 0.15) is 0 Å². The normalized spacial score (nSPS) is 17.3. The zero-order chi connectivity index (χ0) is 13.0. The Bertz CT molecular complexity index is 451. The minimum atomic E-state index is 0.0434. The highest BCUT2D eigenvalue weighted by Gasteiger charge is 2.18. The molecule has 0 saturated carbocycles. The lowest BCUT2D eigenvalue weighted by Crippen LogP contribution is -2.42. The molecule has 1 saturated heterocycles. The number of piperidine rings is 1. The molecular weight excluding hydrogens is 248 g/mol. The van der Waals surface area contributed by atoms with Crippen LogP contribution in [0.4, 0.5) is 0 Å². The summed E-state index contributed by atoms with van der Waals surface area (Å²) in [7, 11) is 0. The first-order valence-corrected chi connectivity index (χ1v) is 6.51. The quantitative estimate of drug-likeness (QED) is 0.834. The largest absolute Gasteiger partial charge is 0.339 e. The number of hydrogen-bond acceptors (Lipinski definition) is 2. The van der Waals surface area contributed by atoms with E-state index in [0.29, 0.717) is 5.02 Å². The Morgan fingerprint density at radius 3 is 2.78 bits per heavy atom. The van der Waals surface area contributed by atoms with E-state index in [1.54, 1.807) is 12.2 Å². The molecule has 0 bridgehead atoms. The van der Waals surface area contributed by atoms with Gasteiger partial charge in [-0.1, -0.05) is 23.7 Å². The number of nitrogens with zero attached hydrogens (tertiary/aromatic N) is 1. The molecule has 0 radical (unpaired) electrons. The molecule has 18 heavy (non-hydrogen) atoms.